The predicted molar refractivity (Wildman–Crippen MR) is 81.1 cm³/mol. The number of aromatic nitrogens is 1. The molecule has 0 spiro atoms. The van der Waals surface area contributed by atoms with Gasteiger partial charge in [0.25, 0.3) is 5.91 Å². The first-order valence-corrected chi connectivity index (χ1v) is 7.79. The summed E-state index contributed by atoms with van der Waals surface area (Å²) in [5.74, 6) is -0.187. The van der Waals surface area contributed by atoms with Crippen LogP contribution in [0.4, 0.5) is 0 Å². The van der Waals surface area contributed by atoms with Crippen molar-refractivity contribution in [1.29, 1.82) is 0 Å². The molecule has 6 heteroatoms. The SMILES string of the molecule is CCCc1nc(C)c(C(=O)NCCC(=O)NC(C)C)s1. The van der Waals surface area contributed by atoms with Crippen LogP contribution in [0, 0.1) is 6.92 Å². The maximum absolute atomic E-state index is 12.0. The number of rotatable bonds is 7. The molecule has 0 saturated heterocycles. The van der Waals surface area contributed by atoms with E-state index in [9.17, 15) is 9.59 Å². The Bertz CT molecular complexity index is 469. The largest absolute Gasteiger partial charge is 0.354 e. The molecule has 5 nitrogen and oxygen atoms in total. The van der Waals surface area contributed by atoms with Crippen molar-refractivity contribution in [3.05, 3.63) is 15.6 Å². The lowest BCUT2D eigenvalue weighted by atomic mass is 10.3. The Labute approximate surface area is 124 Å². The molecule has 1 heterocycles. The van der Waals surface area contributed by atoms with E-state index in [1.165, 1.54) is 11.3 Å². The van der Waals surface area contributed by atoms with E-state index >= 15 is 0 Å². The van der Waals surface area contributed by atoms with Crippen molar-refractivity contribution in [2.24, 2.45) is 0 Å². The van der Waals surface area contributed by atoms with Crippen molar-refractivity contribution < 1.29 is 9.59 Å². The second-order valence-corrected chi connectivity index (χ2v) is 6.08. The Balaban J connectivity index is 2.45. The minimum atomic E-state index is -0.139. The molecule has 1 rings (SSSR count). The lowest BCUT2D eigenvalue weighted by Gasteiger charge is -2.08. The number of nitrogens with zero attached hydrogens (tertiary/aromatic N) is 1. The fourth-order valence-corrected chi connectivity index (χ4v) is 2.83. The molecule has 1 aromatic rings. The van der Waals surface area contributed by atoms with Crippen molar-refractivity contribution >= 4 is 23.2 Å². The summed E-state index contributed by atoms with van der Waals surface area (Å²) in [7, 11) is 0. The van der Waals surface area contributed by atoms with Gasteiger partial charge in [0.2, 0.25) is 5.91 Å². The monoisotopic (exact) mass is 297 g/mol. The van der Waals surface area contributed by atoms with Crippen LogP contribution >= 0.6 is 11.3 Å². The van der Waals surface area contributed by atoms with Gasteiger partial charge in [-0.15, -0.1) is 11.3 Å². The lowest BCUT2D eigenvalue weighted by Crippen LogP contribution is -2.34. The third-order valence-corrected chi connectivity index (χ3v) is 3.81. The first-order valence-electron chi connectivity index (χ1n) is 6.97. The van der Waals surface area contributed by atoms with Gasteiger partial charge in [-0.1, -0.05) is 6.92 Å². The minimum Gasteiger partial charge on any atom is -0.354 e. The molecule has 0 saturated carbocycles. The number of amides is 2. The molecule has 0 aliphatic rings. The summed E-state index contributed by atoms with van der Waals surface area (Å²) in [5.41, 5.74) is 0.766. The molecule has 1 aromatic heterocycles. The number of nitrogens with one attached hydrogen (secondary N) is 2. The highest BCUT2D eigenvalue weighted by atomic mass is 32.1. The molecule has 0 atom stereocenters. The topological polar surface area (TPSA) is 71.1 Å². The summed E-state index contributed by atoms with van der Waals surface area (Å²) in [5, 5.41) is 6.55. The van der Waals surface area contributed by atoms with Crippen LogP contribution in [0.2, 0.25) is 0 Å². The van der Waals surface area contributed by atoms with Gasteiger partial charge < -0.3 is 10.6 Å². The van der Waals surface area contributed by atoms with Crippen molar-refractivity contribution in [2.45, 2.75) is 53.0 Å². The highest BCUT2D eigenvalue weighted by Crippen LogP contribution is 2.19. The molecule has 20 heavy (non-hydrogen) atoms. The summed E-state index contributed by atoms with van der Waals surface area (Å²) >= 11 is 1.44. The summed E-state index contributed by atoms with van der Waals surface area (Å²) in [6.07, 6.45) is 2.21. The average molecular weight is 297 g/mol. The van der Waals surface area contributed by atoms with Crippen LogP contribution < -0.4 is 10.6 Å². The maximum Gasteiger partial charge on any atom is 0.263 e. The van der Waals surface area contributed by atoms with Crippen LogP contribution in [0.3, 0.4) is 0 Å². The molecule has 0 aromatic carbocycles. The number of thiazole rings is 1. The molecule has 0 aliphatic heterocycles. The number of carbonyl (C=O) groups excluding carboxylic acids is 2. The van der Waals surface area contributed by atoms with Crippen LogP contribution in [0.15, 0.2) is 0 Å². The molecule has 0 aliphatic carbocycles. The van der Waals surface area contributed by atoms with Crippen LogP contribution in [0.25, 0.3) is 0 Å². The van der Waals surface area contributed by atoms with Crippen LogP contribution in [0.5, 0.6) is 0 Å². The second-order valence-electron chi connectivity index (χ2n) is 5.00. The van der Waals surface area contributed by atoms with E-state index in [-0.39, 0.29) is 17.9 Å². The summed E-state index contributed by atoms with van der Waals surface area (Å²) < 4.78 is 0. The van der Waals surface area contributed by atoms with Gasteiger partial charge >= 0.3 is 0 Å². The van der Waals surface area contributed by atoms with E-state index in [1.54, 1.807) is 0 Å². The molecule has 0 radical (unpaired) electrons. The predicted octanol–water partition coefficient (Wildman–Crippen LogP) is 2.05. The normalized spacial score (nSPS) is 10.7. The Morgan fingerprint density at radius 3 is 2.65 bits per heavy atom. The van der Waals surface area contributed by atoms with Crippen molar-refractivity contribution in [3.63, 3.8) is 0 Å². The average Bonchev–Trinajstić information content (AvgIpc) is 2.69. The Morgan fingerprint density at radius 2 is 2.05 bits per heavy atom. The van der Waals surface area contributed by atoms with E-state index in [0.717, 1.165) is 23.5 Å². The Hall–Kier alpha value is -1.43. The summed E-state index contributed by atoms with van der Waals surface area (Å²) in [4.78, 5) is 28.5. The van der Waals surface area contributed by atoms with Crippen LogP contribution in [-0.4, -0.2) is 29.4 Å². The number of hydrogen-bond acceptors (Lipinski definition) is 4. The molecule has 2 amide bonds. The minimum absolute atomic E-state index is 0.0481. The maximum atomic E-state index is 12.0. The molecular weight excluding hydrogens is 274 g/mol. The molecule has 0 unspecified atom stereocenters. The van der Waals surface area contributed by atoms with E-state index < -0.39 is 0 Å². The number of hydrogen-bond donors (Lipinski definition) is 2. The van der Waals surface area contributed by atoms with Crippen LogP contribution in [0.1, 0.15) is 54.0 Å². The molecule has 0 fully saturated rings. The fourth-order valence-electron chi connectivity index (χ4n) is 1.75. The lowest BCUT2D eigenvalue weighted by molar-refractivity contribution is -0.121. The number of aryl methyl sites for hydroxylation is 2. The smallest absolute Gasteiger partial charge is 0.263 e. The van der Waals surface area contributed by atoms with Gasteiger partial charge in [-0.3, -0.25) is 9.59 Å². The molecular formula is C14H23N3O2S. The Morgan fingerprint density at radius 1 is 1.35 bits per heavy atom. The van der Waals surface area contributed by atoms with E-state index in [1.807, 2.05) is 20.8 Å². The fraction of sp³-hybridized carbons (Fsp3) is 0.643. The second kappa shape index (κ2) is 7.99. The zero-order valence-corrected chi connectivity index (χ0v) is 13.4. The third-order valence-electron chi connectivity index (χ3n) is 2.60. The third kappa shape index (κ3) is 5.28. The first kappa shape index (κ1) is 16.6. The molecule has 0 bridgehead atoms. The van der Waals surface area contributed by atoms with E-state index in [2.05, 4.69) is 22.5 Å². The van der Waals surface area contributed by atoms with E-state index in [0.29, 0.717) is 17.8 Å². The van der Waals surface area contributed by atoms with Gasteiger partial charge in [0.05, 0.1) is 10.7 Å². The van der Waals surface area contributed by atoms with Gasteiger partial charge in [-0.25, -0.2) is 4.98 Å². The zero-order chi connectivity index (χ0) is 15.1. The molecule has 112 valence electrons. The van der Waals surface area contributed by atoms with Crippen LogP contribution in [-0.2, 0) is 11.2 Å². The van der Waals surface area contributed by atoms with Crippen molar-refractivity contribution in [2.75, 3.05) is 6.54 Å². The van der Waals surface area contributed by atoms with Gasteiger partial charge in [0.1, 0.15) is 4.88 Å². The number of carbonyl (C=O) groups is 2. The van der Waals surface area contributed by atoms with Gasteiger partial charge in [-0.05, 0) is 33.6 Å². The highest BCUT2D eigenvalue weighted by molar-refractivity contribution is 7.13. The van der Waals surface area contributed by atoms with Crippen molar-refractivity contribution in [3.8, 4) is 0 Å². The van der Waals surface area contributed by atoms with Crippen molar-refractivity contribution in [1.82, 2.24) is 15.6 Å². The quantitative estimate of drug-likeness (QED) is 0.809. The van der Waals surface area contributed by atoms with E-state index in [4.69, 9.17) is 0 Å². The highest BCUT2D eigenvalue weighted by Gasteiger charge is 2.15. The molecule has 2 N–H and O–H groups in total. The first-order chi connectivity index (χ1) is 9.43. The van der Waals surface area contributed by atoms with Gasteiger partial charge in [0, 0.05) is 19.0 Å². The standard InChI is InChI=1S/C14H23N3O2S/c1-5-6-12-17-10(4)13(20-12)14(19)15-8-7-11(18)16-9(2)3/h9H,5-8H2,1-4H3,(H,15,19)(H,16,18). The summed E-state index contributed by atoms with van der Waals surface area (Å²) in [6.45, 7) is 8.09. The summed E-state index contributed by atoms with van der Waals surface area (Å²) in [6, 6.07) is 0.124. The zero-order valence-electron chi connectivity index (χ0n) is 12.6. The van der Waals surface area contributed by atoms with Gasteiger partial charge in [0.15, 0.2) is 0 Å². The van der Waals surface area contributed by atoms with Gasteiger partial charge in [-0.2, -0.15) is 0 Å². The Kier molecular flexibility index (Phi) is 6.64.